The fourth-order valence-corrected chi connectivity index (χ4v) is 1.79. The largest absolute Gasteiger partial charge is 0.480 e. The van der Waals surface area contributed by atoms with Gasteiger partial charge in [0.15, 0.2) is 0 Å². The van der Waals surface area contributed by atoms with E-state index in [9.17, 15) is 4.79 Å². The average molecular weight is 285 g/mol. The summed E-state index contributed by atoms with van der Waals surface area (Å²) in [6, 6.07) is 9.52. The molecule has 1 atom stereocenters. The van der Waals surface area contributed by atoms with Crippen molar-refractivity contribution >= 4 is 17.7 Å². The van der Waals surface area contributed by atoms with Crippen LogP contribution in [0.2, 0.25) is 0 Å². The molecule has 1 aromatic carbocycles. The highest BCUT2D eigenvalue weighted by atomic mass is 32.2. The minimum atomic E-state index is -0.913. The number of benzene rings is 1. The number of aliphatic hydroxyl groups is 1. The van der Waals surface area contributed by atoms with Crippen LogP contribution in [0, 0.1) is 0 Å². The van der Waals surface area contributed by atoms with E-state index in [1.54, 1.807) is 11.8 Å². The molecule has 0 heterocycles. The van der Waals surface area contributed by atoms with E-state index in [4.69, 9.17) is 15.9 Å². The third-order valence-corrected chi connectivity index (χ3v) is 3.06. The van der Waals surface area contributed by atoms with Crippen LogP contribution in [0.4, 0.5) is 0 Å². The number of carboxylic acids is 1. The van der Waals surface area contributed by atoms with Crippen LogP contribution in [0.5, 0.6) is 0 Å². The van der Waals surface area contributed by atoms with E-state index in [2.05, 4.69) is 12.1 Å². The molecule has 0 amide bonds. The Balaban J connectivity index is 0.000000344. The maximum atomic E-state index is 10.1. The molecule has 1 rings (SSSR count). The van der Waals surface area contributed by atoms with E-state index in [1.165, 1.54) is 5.56 Å². The molecular weight excluding hydrogens is 262 g/mol. The molecule has 0 aliphatic carbocycles. The van der Waals surface area contributed by atoms with Crippen molar-refractivity contribution in [2.45, 2.75) is 25.3 Å². The van der Waals surface area contributed by atoms with Crippen molar-refractivity contribution < 1.29 is 15.0 Å². The second kappa shape index (κ2) is 12.0. The highest BCUT2D eigenvalue weighted by molar-refractivity contribution is 7.98. The van der Waals surface area contributed by atoms with E-state index in [1.807, 2.05) is 24.5 Å². The normalized spacial score (nSPS) is 11.3. The van der Waals surface area contributed by atoms with Crippen molar-refractivity contribution in [3.63, 3.8) is 0 Å². The molecule has 0 aliphatic heterocycles. The molecule has 4 nitrogen and oxygen atoms in total. The first kappa shape index (κ1) is 18.0. The molecule has 0 radical (unpaired) electrons. The van der Waals surface area contributed by atoms with Crippen LogP contribution in [0.1, 0.15) is 18.4 Å². The first-order valence-corrected chi connectivity index (χ1v) is 7.63. The minimum Gasteiger partial charge on any atom is -0.480 e. The lowest BCUT2D eigenvalue weighted by molar-refractivity contribution is -0.138. The Bertz CT molecular complexity index is 333. The first-order valence-electron chi connectivity index (χ1n) is 6.24. The third-order valence-electron chi connectivity index (χ3n) is 2.42. The van der Waals surface area contributed by atoms with Gasteiger partial charge in [0.2, 0.25) is 0 Å². The van der Waals surface area contributed by atoms with Gasteiger partial charge in [0.05, 0.1) is 0 Å². The van der Waals surface area contributed by atoms with E-state index < -0.39 is 12.0 Å². The van der Waals surface area contributed by atoms with Gasteiger partial charge in [-0.15, -0.1) is 0 Å². The Hall–Kier alpha value is -1.04. The quantitative estimate of drug-likeness (QED) is 0.711. The smallest absolute Gasteiger partial charge is 0.320 e. The first-order chi connectivity index (χ1) is 9.11. The number of thioether (sulfide) groups is 1. The van der Waals surface area contributed by atoms with E-state index >= 15 is 0 Å². The van der Waals surface area contributed by atoms with Gasteiger partial charge in [-0.3, -0.25) is 4.79 Å². The highest BCUT2D eigenvalue weighted by Gasteiger charge is 2.08. The molecule has 19 heavy (non-hydrogen) atoms. The summed E-state index contributed by atoms with van der Waals surface area (Å²) in [5.41, 5.74) is 6.49. The predicted molar refractivity (Wildman–Crippen MR) is 80.5 cm³/mol. The highest BCUT2D eigenvalue weighted by Crippen LogP contribution is 2.00. The topological polar surface area (TPSA) is 83.6 Å². The zero-order chi connectivity index (χ0) is 14.5. The average Bonchev–Trinajstić information content (AvgIpc) is 2.44. The molecule has 0 aliphatic rings. The van der Waals surface area contributed by atoms with E-state index in [-0.39, 0.29) is 6.61 Å². The van der Waals surface area contributed by atoms with Gasteiger partial charge in [0, 0.05) is 6.61 Å². The second-order valence-corrected chi connectivity index (χ2v) is 5.02. The molecule has 4 N–H and O–H groups in total. The van der Waals surface area contributed by atoms with Gasteiger partial charge >= 0.3 is 5.97 Å². The van der Waals surface area contributed by atoms with Gasteiger partial charge in [0.25, 0.3) is 0 Å². The second-order valence-electron chi connectivity index (χ2n) is 4.04. The fraction of sp³-hybridized carbons (Fsp3) is 0.500. The molecule has 108 valence electrons. The molecule has 0 saturated heterocycles. The molecule has 0 bridgehead atoms. The minimum absolute atomic E-state index is 0.287. The number of carbonyl (C=O) groups is 1. The SMILES string of the molecule is CSCC[C@H](N)C(=O)O.OCCCc1ccccc1. The molecule has 0 unspecified atom stereocenters. The molecule has 0 spiro atoms. The molecule has 1 aromatic rings. The number of carboxylic acid groups (broad SMARTS) is 1. The van der Waals surface area contributed by atoms with Crippen LogP contribution in [0.25, 0.3) is 0 Å². The van der Waals surface area contributed by atoms with Crippen LogP contribution in [0.15, 0.2) is 30.3 Å². The Kier molecular flexibility index (Phi) is 11.4. The summed E-state index contributed by atoms with van der Waals surface area (Å²) in [5.74, 6) is -0.1000. The standard InChI is InChI=1S/C9H12O.C5H11NO2S/c10-8-4-7-9-5-2-1-3-6-9;1-9-3-2-4(6)5(7)8/h1-3,5-6,10H,4,7-8H2;4H,2-3,6H2,1H3,(H,7,8)/t;4-/m.0/s1. The van der Waals surface area contributed by atoms with Crippen molar-refractivity contribution in [3.8, 4) is 0 Å². The maximum Gasteiger partial charge on any atom is 0.320 e. The summed E-state index contributed by atoms with van der Waals surface area (Å²) in [6.45, 7) is 0.287. The van der Waals surface area contributed by atoms with Gasteiger partial charge in [-0.2, -0.15) is 11.8 Å². The summed E-state index contributed by atoms with van der Waals surface area (Å²) in [4.78, 5) is 10.1. The molecule has 0 fully saturated rings. The summed E-state index contributed by atoms with van der Waals surface area (Å²) in [5, 5.41) is 16.8. The Morgan fingerprint density at radius 1 is 1.37 bits per heavy atom. The summed E-state index contributed by atoms with van der Waals surface area (Å²) in [7, 11) is 0. The van der Waals surface area contributed by atoms with Crippen LogP contribution in [0.3, 0.4) is 0 Å². The number of hydrogen-bond acceptors (Lipinski definition) is 4. The van der Waals surface area contributed by atoms with Crippen molar-refractivity contribution in [3.05, 3.63) is 35.9 Å². The molecular formula is C14H23NO3S. The maximum absolute atomic E-state index is 10.1. The predicted octanol–water partition coefficient (Wildman–Crippen LogP) is 1.76. The third kappa shape index (κ3) is 10.6. The lowest BCUT2D eigenvalue weighted by Crippen LogP contribution is -2.30. The van der Waals surface area contributed by atoms with Gasteiger partial charge in [0.1, 0.15) is 6.04 Å². The van der Waals surface area contributed by atoms with Gasteiger partial charge < -0.3 is 15.9 Å². The molecule has 5 heteroatoms. The Morgan fingerprint density at radius 2 is 2.00 bits per heavy atom. The summed E-state index contributed by atoms with van der Waals surface area (Å²) >= 11 is 1.60. The number of hydrogen-bond donors (Lipinski definition) is 3. The fourth-order valence-electron chi connectivity index (χ4n) is 1.30. The van der Waals surface area contributed by atoms with Crippen LogP contribution in [-0.2, 0) is 11.2 Å². The summed E-state index contributed by atoms with van der Waals surface area (Å²) in [6.07, 6.45) is 4.33. The van der Waals surface area contributed by atoms with Crippen molar-refractivity contribution in [1.82, 2.24) is 0 Å². The van der Waals surface area contributed by atoms with Crippen molar-refractivity contribution in [2.75, 3.05) is 18.6 Å². The molecule has 0 saturated carbocycles. The van der Waals surface area contributed by atoms with Gasteiger partial charge in [-0.1, -0.05) is 30.3 Å². The van der Waals surface area contributed by atoms with Crippen LogP contribution in [-0.4, -0.2) is 40.8 Å². The number of rotatable bonds is 7. The van der Waals surface area contributed by atoms with Crippen LogP contribution >= 0.6 is 11.8 Å². The van der Waals surface area contributed by atoms with E-state index in [0.717, 1.165) is 18.6 Å². The number of nitrogens with two attached hydrogens (primary N) is 1. The van der Waals surface area contributed by atoms with Gasteiger partial charge in [-0.05, 0) is 36.8 Å². The van der Waals surface area contributed by atoms with Gasteiger partial charge in [-0.25, -0.2) is 0 Å². The number of aliphatic hydroxyl groups excluding tert-OH is 1. The van der Waals surface area contributed by atoms with E-state index in [0.29, 0.717) is 6.42 Å². The van der Waals surface area contributed by atoms with Crippen molar-refractivity contribution in [2.24, 2.45) is 5.73 Å². The number of aryl methyl sites for hydroxylation is 1. The summed E-state index contributed by atoms with van der Waals surface area (Å²) < 4.78 is 0. The zero-order valence-electron chi connectivity index (χ0n) is 11.3. The Morgan fingerprint density at radius 3 is 2.47 bits per heavy atom. The monoisotopic (exact) mass is 285 g/mol. The lowest BCUT2D eigenvalue weighted by atomic mass is 10.1. The Labute approximate surface area is 119 Å². The van der Waals surface area contributed by atoms with Crippen LogP contribution < -0.4 is 5.73 Å². The lowest BCUT2D eigenvalue weighted by Gasteiger charge is -2.02. The van der Waals surface area contributed by atoms with Crippen molar-refractivity contribution in [1.29, 1.82) is 0 Å². The number of aliphatic carboxylic acids is 1. The zero-order valence-corrected chi connectivity index (χ0v) is 12.1. The molecule has 0 aromatic heterocycles.